The maximum absolute atomic E-state index is 12.0. The molecular formula is C20H23NO4. The fourth-order valence-corrected chi connectivity index (χ4v) is 3.29. The van der Waals surface area contributed by atoms with E-state index in [0.717, 1.165) is 35.9 Å². The lowest BCUT2D eigenvalue weighted by Gasteiger charge is -2.32. The summed E-state index contributed by atoms with van der Waals surface area (Å²) in [7, 11) is 4.92. The van der Waals surface area contributed by atoms with Crippen molar-refractivity contribution >= 4 is 11.5 Å². The molecule has 132 valence electrons. The van der Waals surface area contributed by atoms with Crippen LogP contribution in [0.1, 0.15) is 28.4 Å². The zero-order chi connectivity index (χ0) is 18.0. The molecule has 0 radical (unpaired) electrons. The third kappa shape index (κ3) is 3.27. The zero-order valence-electron chi connectivity index (χ0n) is 15.1. The van der Waals surface area contributed by atoms with Crippen LogP contribution in [0.3, 0.4) is 0 Å². The molecule has 1 aliphatic heterocycles. The summed E-state index contributed by atoms with van der Waals surface area (Å²) >= 11 is 0. The number of anilines is 1. The van der Waals surface area contributed by atoms with Crippen molar-refractivity contribution in [1.29, 1.82) is 0 Å². The molecule has 1 heterocycles. The summed E-state index contributed by atoms with van der Waals surface area (Å²) in [6.07, 6.45) is 0.879. The van der Waals surface area contributed by atoms with Crippen LogP contribution >= 0.6 is 0 Å². The highest BCUT2D eigenvalue weighted by atomic mass is 16.5. The fraction of sp³-hybridized carbons (Fsp3) is 0.350. The van der Waals surface area contributed by atoms with Gasteiger partial charge in [0.15, 0.2) is 17.3 Å². The van der Waals surface area contributed by atoms with Crippen LogP contribution in [0.5, 0.6) is 17.2 Å². The van der Waals surface area contributed by atoms with E-state index in [1.165, 1.54) is 11.1 Å². The van der Waals surface area contributed by atoms with Gasteiger partial charge < -0.3 is 19.1 Å². The van der Waals surface area contributed by atoms with Crippen molar-refractivity contribution in [2.24, 2.45) is 0 Å². The predicted molar refractivity (Wildman–Crippen MR) is 97.3 cm³/mol. The van der Waals surface area contributed by atoms with E-state index < -0.39 is 0 Å². The lowest BCUT2D eigenvalue weighted by molar-refractivity contribution is 0.101. The topological polar surface area (TPSA) is 48.0 Å². The fourth-order valence-electron chi connectivity index (χ4n) is 3.29. The number of ether oxygens (including phenoxy) is 3. The van der Waals surface area contributed by atoms with Crippen LogP contribution in [-0.4, -0.2) is 33.7 Å². The molecule has 0 bridgehead atoms. The van der Waals surface area contributed by atoms with Gasteiger partial charge in [-0.3, -0.25) is 4.79 Å². The number of Topliss-reactive ketones (excluding diaryl/α,β-unsaturated/α-hetero) is 1. The molecule has 1 aliphatic rings. The highest BCUT2D eigenvalue weighted by Gasteiger charge is 2.22. The molecule has 0 saturated carbocycles. The second-order valence-electron chi connectivity index (χ2n) is 6.09. The molecule has 0 N–H and O–H groups in total. The molecule has 0 amide bonds. The minimum atomic E-state index is 0.0516. The Morgan fingerprint density at radius 1 is 0.960 bits per heavy atom. The lowest BCUT2D eigenvalue weighted by Crippen LogP contribution is -2.31. The molecule has 25 heavy (non-hydrogen) atoms. The van der Waals surface area contributed by atoms with Gasteiger partial charge >= 0.3 is 0 Å². The van der Waals surface area contributed by atoms with Gasteiger partial charge in [0.1, 0.15) is 5.75 Å². The Labute approximate surface area is 148 Å². The Morgan fingerprint density at radius 2 is 1.64 bits per heavy atom. The Kier molecular flexibility index (Phi) is 4.83. The van der Waals surface area contributed by atoms with E-state index in [-0.39, 0.29) is 5.78 Å². The molecule has 2 aromatic carbocycles. The number of nitrogens with zero attached hydrogens (tertiary/aromatic N) is 1. The van der Waals surface area contributed by atoms with Crippen molar-refractivity contribution in [1.82, 2.24) is 0 Å². The highest BCUT2D eigenvalue weighted by molar-refractivity contribution is 6.00. The van der Waals surface area contributed by atoms with Crippen molar-refractivity contribution in [3.8, 4) is 17.2 Å². The van der Waals surface area contributed by atoms with Crippen LogP contribution in [0, 0.1) is 0 Å². The molecule has 0 unspecified atom stereocenters. The predicted octanol–water partition coefficient (Wildman–Crippen LogP) is 3.48. The van der Waals surface area contributed by atoms with Gasteiger partial charge in [0.25, 0.3) is 0 Å². The minimum absolute atomic E-state index is 0.0516. The minimum Gasteiger partial charge on any atom is -0.497 e. The lowest BCUT2D eigenvalue weighted by atomic mass is 9.97. The normalized spacial score (nSPS) is 13.2. The largest absolute Gasteiger partial charge is 0.497 e. The molecule has 0 spiro atoms. The number of ketones is 1. The molecule has 0 atom stereocenters. The quantitative estimate of drug-likeness (QED) is 0.779. The Hall–Kier alpha value is -2.69. The number of benzene rings is 2. The van der Waals surface area contributed by atoms with Gasteiger partial charge in [-0.05, 0) is 48.7 Å². The zero-order valence-corrected chi connectivity index (χ0v) is 15.1. The maximum atomic E-state index is 12.0. The Balaban J connectivity index is 1.99. The molecule has 5 heteroatoms. The van der Waals surface area contributed by atoms with Gasteiger partial charge in [-0.2, -0.15) is 0 Å². The van der Waals surface area contributed by atoms with Gasteiger partial charge in [-0.15, -0.1) is 0 Å². The standard InChI is InChI=1S/C20H23NO4/c1-13(22)17-6-5-16(23-2)11-18(17)21-8-7-14-9-19(24-3)20(25-4)10-15(14)12-21/h5-6,9-11H,7-8,12H2,1-4H3. The average molecular weight is 341 g/mol. The number of hydrogen-bond acceptors (Lipinski definition) is 5. The van der Waals surface area contributed by atoms with Crippen molar-refractivity contribution < 1.29 is 19.0 Å². The molecule has 0 aliphatic carbocycles. The second kappa shape index (κ2) is 7.05. The van der Waals surface area contributed by atoms with Crippen molar-refractivity contribution in [3.63, 3.8) is 0 Å². The van der Waals surface area contributed by atoms with Crippen molar-refractivity contribution in [3.05, 3.63) is 47.0 Å². The number of hydrogen-bond donors (Lipinski definition) is 0. The second-order valence-corrected chi connectivity index (χ2v) is 6.09. The summed E-state index contributed by atoms with van der Waals surface area (Å²) in [6.45, 7) is 3.14. The van der Waals surface area contributed by atoms with Crippen LogP contribution in [0.25, 0.3) is 0 Å². The van der Waals surface area contributed by atoms with Gasteiger partial charge in [-0.25, -0.2) is 0 Å². The van der Waals surface area contributed by atoms with Crippen LogP contribution in [0.2, 0.25) is 0 Å². The van der Waals surface area contributed by atoms with Gasteiger partial charge in [-0.1, -0.05) is 0 Å². The van der Waals surface area contributed by atoms with Crippen LogP contribution in [0.4, 0.5) is 5.69 Å². The maximum Gasteiger partial charge on any atom is 0.161 e. The molecule has 0 aromatic heterocycles. The first kappa shape index (κ1) is 17.1. The Bertz CT molecular complexity index is 801. The monoisotopic (exact) mass is 341 g/mol. The summed E-state index contributed by atoms with van der Waals surface area (Å²) in [5.41, 5.74) is 4.06. The number of carbonyl (C=O) groups excluding carboxylic acids is 1. The van der Waals surface area contributed by atoms with Gasteiger partial charge in [0.05, 0.1) is 27.0 Å². The first-order valence-corrected chi connectivity index (χ1v) is 8.25. The Morgan fingerprint density at radius 3 is 2.24 bits per heavy atom. The first-order valence-electron chi connectivity index (χ1n) is 8.25. The van der Waals surface area contributed by atoms with Crippen LogP contribution < -0.4 is 19.1 Å². The third-order valence-electron chi connectivity index (χ3n) is 4.64. The van der Waals surface area contributed by atoms with Gasteiger partial charge in [0.2, 0.25) is 0 Å². The summed E-state index contributed by atoms with van der Waals surface area (Å²) in [5, 5.41) is 0. The molecule has 5 nitrogen and oxygen atoms in total. The van der Waals surface area contributed by atoms with E-state index >= 15 is 0 Å². The number of methoxy groups -OCH3 is 3. The summed E-state index contributed by atoms with van der Waals surface area (Å²) in [6, 6.07) is 9.66. The molecule has 3 rings (SSSR count). The van der Waals surface area contributed by atoms with E-state index in [9.17, 15) is 4.79 Å². The first-order chi connectivity index (χ1) is 12.1. The van der Waals surface area contributed by atoms with E-state index in [0.29, 0.717) is 12.1 Å². The van der Waals surface area contributed by atoms with Crippen LogP contribution in [-0.2, 0) is 13.0 Å². The number of rotatable bonds is 5. The third-order valence-corrected chi connectivity index (χ3v) is 4.64. The van der Waals surface area contributed by atoms with Crippen molar-refractivity contribution in [2.75, 3.05) is 32.8 Å². The number of carbonyl (C=O) groups is 1. The average Bonchev–Trinajstić information content (AvgIpc) is 2.65. The highest BCUT2D eigenvalue weighted by Crippen LogP contribution is 2.36. The van der Waals surface area contributed by atoms with E-state index in [1.54, 1.807) is 28.3 Å². The van der Waals surface area contributed by atoms with Crippen molar-refractivity contribution in [2.45, 2.75) is 19.9 Å². The molecule has 2 aromatic rings. The van der Waals surface area contributed by atoms with E-state index in [4.69, 9.17) is 14.2 Å². The number of fused-ring (bicyclic) bond motifs is 1. The summed E-state index contributed by atoms with van der Waals surface area (Å²) in [4.78, 5) is 14.2. The summed E-state index contributed by atoms with van der Waals surface area (Å²) < 4.78 is 16.2. The molecule has 0 fully saturated rings. The molecular weight excluding hydrogens is 318 g/mol. The van der Waals surface area contributed by atoms with E-state index in [1.807, 2.05) is 30.3 Å². The SMILES string of the molecule is COc1ccc(C(C)=O)c(N2CCc3cc(OC)c(OC)cc3C2)c1. The van der Waals surface area contributed by atoms with Crippen LogP contribution in [0.15, 0.2) is 30.3 Å². The van der Waals surface area contributed by atoms with Gasteiger partial charge in [0, 0.05) is 24.7 Å². The summed E-state index contributed by atoms with van der Waals surface area (Å²) in [5.74, 6) is 2.27. The molecule has 0 saturated heterocycles. The smallest absolute Gasteiger partial charge is 0.161 e. The van der Waals surface area contributed by atoms with E-state index in [2.05, 4.69) is 4.90 Å².